The van der Waals surface area contributed by atoms with Gasteiger partial charge in [0.05, 0.1) is 16.8 Å². The van der Waals surface area contributed by atoms with Gasteiger partial charge in [0.2, 0.25) is 5.70 Å². The van der Waals surface area contributed by atoms with Crippen LogP contribution in [0, 0.1) is 27.7 Å². The van der Waals surface area contributed by atoms with E-state index in [1.807, 2.05) is 21.1 Å². The van der Waals surface area contributed by atoms with Crippen molar-refractivity contribution >= 4 is 46.1 Å². The first-order valence-corrected chi connectivity index (χ1v) is 18.5. The van der Waals surface area contributed by atoms with Crippen molar-refractivity contribution in [2.75, 3.05) is 0 Å². The zero-order valence-electron chi connectivity index (χ0n) is 30.7. The molecule has 258 valence electrons. The second-order valence-corrected chi connectivity index (χ2v) is 14.8. The Kier molecular flexibility index (Phi) is 7.35. The first-order valence-electron chi connectivity index (χ1n) is 18.5. The molecule has 2 aliphatic heterocycles. The summed E-state index contributed by atoms with van der Waals surface area (Å²) in [6.45, 7) is 8.36. The van der Waals surface area contributed by atoms with E-state index in [9.17, 15) is 0 Å². The zero-order chi connectivity index (χ0) is 36.7. The Morgan fingerprint density at radius 1 is 0.556 bits per heavy atom. The molecule has 0 N–H and O–H groups in total. The highest BCUT2D eigenvalue weighted by Gasteiger charge is 2.54. The number of fused-ring (bicyclic) bond motifs is 5. The lowest BCUT2D eigenvalue weighted by atomic mass is 9.84. The number of hydrogen-bond acceptors (Lipinski definition) is 1. The molecular weight excluding hydrogens is 662 g/mol. The maximum Gasteiger partial charge on any atom is 0.847 e. The van der Waals surface area contributed by atoms with Crippen molar-refractivity contribution in [2.24, 2.45) is 0 Å². The van der Waals surface area contributed by atoms with Crippen molar-refractivity contribution in [2.45, 2.75) is 27.7 Å². The molecule has 2 aromatic heterocycles. The van der Waals surface area contributed by atoms with Gasteiger partial charge in [-0.25, -0.2) is 8.80 Å². The van der Waals surface area contributed by atoms with Gasteiger partial charge >= 0.3 is 7.26 Å². The lowest BCUT2D eigenvalue weighted by Gasteiger charge is -2.24. The zero-order valence-corrected chi connectivity index (χ0v) is 30.7. The molecule has 0 aliphatic carbocycles. The minimum atomic E-state index is -1.56. The van der Waals surface area contributed by atoms with Crippen LogP contribution in [0.3, 0.4) is 0 Å². The maximum atomic E-state index is 18.5. The molecular formula is C49H37BFN2O+. The number of para-hydroxylation sites is 2. The number of halogens is 1. The van der Waals surface area contributed by atoms with Gasteiger partial charge in [0.1, 0.15) is 11.2 Å². The Balaban J connectivity index is 1.40. The second kappa shape index (κ2) is 12.3. The lowest BCUT2D eigenvalue weighted by Crippen LogP contribution is -2.41. The van der Waals surface area contributed by atoms with Crippen molar-refractivity contribution in [1.29, 1.82) is 0 Å². The van der Waals surface area contributed by atoms with Crippen LogP contribution in [-0.2, 0) is 0 Å². The molecule has 0 radical (unpaired) electrons. The average molecular weight is 700 g/mol. The number of nitrogens with zero attached hydrogens (tertiary/aromatic N) is 2. The second-order valence-electron chi connectivity index (χ2n) is 14.8. The summed E-state index contributed by atoms with van der Waals surface area (Å²) in [7, 11) is -1.56. The molecule has 0 unspecified atom stereocenters. The van der Waals surface area contributed by atoms with Crippen LogP contribution in [0.2, 0.25) is 0 Å². The Labute approximate surface area is 314 Å². The number of hydrogen-bond donors (Lipinski definition) is 0. The van der Waals surface area contributed by atoms with E-state index >= 15 is 4.32 Å². The monoisotopic (exact) mass is 699 g/mol. The standard InChI is InChI=1S/C49H37BFN2O/c1-30-12-20-34(21-13-30)41-28-43(36-24-16-32(3)17-25-36)52-47(41)46(40-10-7-9-39-38-8-5-6-11-45(38)54-49(39)40)48-42(35-22-14-31(2)15-23-35)29-44(53(48)50(52)51)37-26-18-33(4)19-27-37/h5-29H,1-4H3/q+1. The fraction of sp³-hybridized carbons (Fsp3) is 0.0816. The Hall–Kier alpha value is -6.46. The summed E-state index contributed by atoms with van der Waals surface area (Å²) in [4.78, 5) is 0. The molecule has 8 aromatic rings. The van der Waals surface area contributed by atoms with Gasteiger partial charge in [0.25, 0.3) is 0 Å². The Bertz CT molecular complexity index is 2890. The number of aryl methyl sites for hydroxylation is 4. The first-order chi connectivity index (χ1) is 26.3. The minimum absolute atomic E-state index is 0.782. The molecule has 10 rings (SSSR count). The predicted octanol–water partition coefficient (Wildman–Crippen LogP) is 12.1. The summed E-state index contributed by atoms with van der Waals surface area (Å²) in [5, 5.41) is 2.08. The van der Waals surface area contributed by atoms with Gasteiger partial charge < -0.3 is 4.42 Å². The van der Waals surface area contributed by atoms with Crippen molar-refractivity contribution in [3.63, 3.8) is 0 Å². The molecule has 4 heterocycles. The van der Waals surface area contributed by atoms with Gasteiger partial charge in [-0.1, -0.05) is 144 Å². The average Bonchev–Trinajstić information content (AvgIpc) is 3.90. The van der Waals surface area contributed by atoms with E-state index in [1.54, 1.807) is 0 Å². The summed E-state index contributed by atoms with van der Waals surface area (Å²) in [6.07, 6.45) is 2.18. The predicted molar refractivity (Wildman–Crippen MR) is 221 cm³/mol. The van der Waals surface area contributed by atoms with E-state index in [0.29, 0.717) is 0 Å². The van der Waals surface area contributed by atoms with Crippen molar-refractivity contribution in [1.82, 2.24) is 4.48 Å². The van der Waals surface area contributed by atoms with Gasteiger partial charge in [-0.2, -0.15) is 0 Å². The Morgan fingerprint density at radius 3 is 1.76 bits per heavy atom. The van der Waals surface area contributed by atoms with Crippen LogP contribution in [0.25, 0.3) is 55.5 Å². The smallest absolute Gasteiger partial charge is 0.455 e. The largest absolute Gasteiger partial charge is 0.847 e. The molecule has 0 saturated heterocycles. The van der Waals surface area contributed by atoms with Gasteiger partial charge in [-0.15, -0.1) is 0 Å². The summed E-state index contributed by atoms with van der Waals surface area (Å²) in [6, 6.07) is 50.7. The lowest BCUT2D eigenvalue weighted by molar-refractivity contribution is -0.332. The van der Waals surface area contributed by atoms with Crippen LogP contribution in [0.5, 0.6) is 0 Å². The molecule has 5 heteroatoms. The van der Waals surface area contributed by atoms with Crippen LogP contribution in [-0.4, -0.2) is 21.9 Å². The van der Waals surface area contributed by atoms with Gasteiger partial charge in [-0.3, -0.25) is 4.48 Å². The molecule has 54 heavy (non-hydrogen) atoms. The third-order valence-electron chi connectivity index (χ3n) is 11.1. The van der Waals surface area contributed by atoms with E-state index in [-0.39, 0.29) is 0 Å². The molecule has 0 amide bonds. The van der Waals surface area contributed by atoms with Crippen LogP contribution >= 0.6 is 0 Å². The molecule has 0 saturated carbocycles. The van der Waals surface area contributed by atoms with Crippen LogP contribution < -0.4 is 0 Å². The maximum absolute atomic E-state index is 18.5. The number of benzene rings is 6. The molecule has 0 fully saturated rings. The van der Waals surface area contributed by atoms with E-state index < -0.39 is 7.26 Å². The molecule has 0 spiro atoms. The molecule has 2 aliphatic rings. The van der Waals surface area contributed by atoms with Crippen LogP contribution in [0.4, 0.5) is 4.32 Å². The van der Waals surface area contributed by atoms with Crippen LogP contribution in [0.1, 0.15) is 44.6 Å². The molecule has 0 bridgehead atoms. The van der Waals surface area contributed by atoms with Crippen LogP contribution in [0.15, 0.2) is 162 Å². The third kappa shape index (κ3) is 4.99. The molecule has 6 aromatic carbocycles. The van der Waals surface area contributed by atoms with E-state index in [0.717, 1.165) is 100 Å². The normalized spacial score (nSPS) is 13.9. The van der Waals surface area contributed by atoms with Gasteiger partial charge in [0, 0.05) is 39.2 Å². The van der Waals surface area contributed by atoms with E-state index in [1.165, 1.54) is 11.1 Å². The number of allylic oxidation sites excluding steroid dienone is 2. The summed E-state index contributed by atoms with van der Waals surface area (Å²) >= 11 is 0. The highest BCUT2D eigenvalue weighted by atomic mass is 19.1. The van der Waals surface area contributed by atoms with Crippen molar-refractivity contribution in [3.8, 4) is 22.4 Å². The highest BCUT2D eigenvalue weighted by Crippen LogP contribution is 2.50. The van der Waals surface area contributed by atoms with Crippen molar-refractivity contribution < 1.29 is 13.2 Å². The molecule has 0 atom stereocenters. The minimum Gasteiger partial charge on any atom is -0.455 e. The fourth-order valence-corrected chi connectivity index (χ4v) is 8.23. The van der Waals surface area contributed by atoms with Gasteiger partial charge in [-0.05, 0) is 68.7 Å². The summed E-state index contributed by atoms with van der Waals surface area (Å²) < 4.78 is 29.1. The highest BCUT2D eigenvalue weighted by molar-refractivity contribution is 6.46. The van der Waals surface area contributed by atoms with Crippen molar-refractivity contribution in [3.05, 3.63) is 202 Å². The SMILES string of the molecule is Cc1ccc(C2=CC(c3ccc(C)cc3)=[N+]3B(F)n4c(-c5ccc(C)cc5)cc(-c5ccc(C)cc5)c4C(c4cccc5c4oc4ccccc45)=C23)cc1. The Morgan fingerprint density at radius 2 is 1.11 bits per heavy atom. The summed E-state index contributed by atoms with van der Waals surface area (Å²) in [5.41, 5.74) is 17.3. The van der Waals surface area contributed by atoms with E-state index in [2.05, 4.69) is 167 Å². The third-order valence-corrected chi connectivity index (χ3v) is 11.1. The summed E-state index contributed by atoms with van der Waals surface area (Å²) in [5.74, 6) is 0. The number of aromatic nitrogens is 1. The number of rotatable bonds is 5. The topological polar surface area (TPSA) is 21.1 Å². The van der Waals surface area contributed by atoms with Gasteiger partial charge in [0.15, 0.2) is 5.71 Å². The van der Waals surface area contributed by atoms with E-state index in [4.69, 9.17) is 4.42 Å². The number of furan rings is 1. The molecule has 3 nitrogen and oxygen atoms in total. The fourth-order valence-electron chi connectivity index (χ4n) is 8.23. The first kappa shape index (κ1) is 32.2. The quantitative estimate of drug-likeness (QED) is 0.164.